The van der Waals surface area contributed by atoms with Gasteiger partial charge in [-0.3, -0.25) is 4.79 Å². The maximum Gasteiger partial charge on any atom is 0.287 e. The standard InChI is InChI=1S/C20H21NO2/c1-14(12-13-16-8-4-3-5-9-16)21-20(22)19-15(2)17-10-6-7-11-18(17)23-19/h3-11,14H,12-13H2,1-2H3,(H,21,22). The minimum Gasteiger partial charge on any atom is -0.451 e. The highest BCUT2D eigenvalue weighted by Crippen LogP contribution is 2.24. The number of furan rings is 1. The Bertz CT molecular complexity index is 805. The van der Waals surface area contributed by atoms with Crippen molar-refractivity contribution in [2.75, 3.05) is 0 Å². The average molecular weight is 307 g/mol. The molecule has 118 valence electrons. The smallest absolute Gasteiger partial charge is 0.287 e. The SMILES string of the molecule is Cc1c(C(=O)NC(C)CCc2ccccc2)oc2ccccc12. The van der Waals surface area contributed by atoms with Gasteiger partial charge in [-0.05, 0) is 38.3 Å². The van der Waals surface area contributed by atoms with Gasteiger partial charge in [0.25, 0.3) is 5.91 Å². The molecule has 3 nitrogen and oxygen atoms in total. The predicted octanol–water partition coefficient (Wildman–Crippen LogP) is 4.49. The molecule has 1 aromatic heterocycles. The van der Waals surface area contributed by atoms with E-state index in [1.165, 1.54) is 5.56 Å². The molecule has 1 N–H and O–H groups in total. The second-order valence-corrected chi connectivity index (χ2v) is 5.95. The van der Waals surface area contributed by atoms with Gasteiger partial charge in [0.2, 0.25) is 0 Å². The zero-order chi connectivity index (χ0) is 16.2. The molecular formula is C20H21NO2. The van der Waals surface area contributed by atoms with Crippen molar-refractivity contribution in [3.05, 3.63) is 71.5 Å². The van der Waals surface area contributed by atoms with Crippen LogP contribution in [-0.4, -0.2) is 11.9 Å². The monoisotopic (exact) mass is 307 g/mol. The number of benzene rings is 2. The van der Waals surface area contributed by atoms with Crippen LogP contribution in [0.1, 0.15) is 35.0 Å². The summed E-state index contributed by atoms with van der Waals surface area (Å²) >= 11 is 0. The number of aryl methyl sites for hydroxylation is 2. The number of hydrogen-bond donors (Lipinski definition) is 1. The fourth-order valence-corrected chi connectivity index (χ4v) is 2.78. The molecule has 1 amide bonds. The van der Waals surface area contributed by atoms with Crippen LogP contribution in [0.2, 0.25) is 0 Å². The summed E-state index contributed by atoms with van der Waals surface area (Å²) < 4.78 is 5.71. The van der Waals surface area contributed by atoms with E-state index in [9.17, 15) is 4.79 Å². The quantitative estimate of drug-likeness (QED) is 0.754. The minimum absolute atomic E-state index is 0.0929. The maximum absolute atomic E-state index is 12.5. The Morgan fingerprint density at radius 1 is 1.09 bits per heavy atom. The molecule has 3 aromatic rings. The van der Waals surface area contributed by atoms with E-state index in [2.05, 4.69) is 17.4 Å². The van der Waals surface area contributed by atoms with Crippen LogP contribution in [0.5, 0.6) is 0 Å². The second kappa shape index (κ2) is 6.69. The molecule has 1 heterocycles. The zero-order valence-corrected chi connectivity index (χ0v) is 13.5. The first kappa shape index (κ1) is 15.3. The summed E-state index contributed by atoms with van der Waals surface area (Å²) in [6.07, 6.45) is 1.84. The van der Waals surface area contributed by atoms with E-state index in [-0.39, 0.29) is 11.9 Å². The van der Waals surface area contributed by atoms with Crippen LogP contribution in [0.3, 0.4) is 0 Å². The van der Waals surface area contributed by atoms with Gasteiger partial charge in [0.1, 0.15) is 5.58 Å². The van der Waals surface area contributed by atoms with E-state index in [1.54, 1.807) is 0 Å². The molecule has 1 atom stereocenters. The number of para-hydroxylation sites is 1. The number of carbonyl (C=O) groups is 1. The van der Waals surface area contributed by atoms with Gasteiger partial charge in [-0.1, -0.05) is 48.5 Å². The lowest BCUT2D eigenvalue weighted by Gasteiger charge is -2.13. The second-order valence-electron chi connectivity index (χ2n) is 5.95. The van der Waals surface area contributed by atoms with E-state index in [4.69, 9.17) is 4.42 Å². The molecule has 0 spiro atoms. The van der Waals surface area contributed by atoms with Crippen LogP contribution >= 0.6 is 0 Å². The average Bonchev–Trinajstić information content (AvgIpc) is 2.91. The molecule has 0 saturated carbocycles. The van der Waals surface area contributed by atoms with Crippen LogP contribution in [0.15, 0.2) is 59.0 Å². The molecule has 2 aromatic carbocycles. The molecule has 0 saturated heterocycles. The van der Waals surface area contributed by atoms with Crippen molar-refractivity contribution in [1.29, 1.82) is 0 Å². The van der Waals surface area contributed by atoms with Crippen molar-refractivity contribution >= 4 is 16.9 Å². The van der Waals surface area contributed by atoms with E-state index >= 15 is 0 Å². The zero-order valence-electron chi connectivity index (χ0n) is 13.5. The number of fused-ring (bicyclic) bond motifs is 1. The van der Waals surface area contributed by atoms with Crippen LogP contribution in [0, 0.1) is 6.92 Å². The fourth-order valence-electron chi connectivity index (χ4n) is 2.78. The van der Waals surface area contributed by atoms with Gasteiger partial charge in [0.15, 0.2) is 5.76 Å². The summed E-state index contributed by atoms with van der Waals surface area (Å²) in [7, 11) is 0. The highest BCUT2D eigenvalue weighted by molar-refractivity contribution is 5.98. The Balaban J connectivity index is 1.64. The summed E-state index contributed by atoms with van der Waals surface area (Å²) in [6.45, 7) is 3.95. The lowest BCUT2D eigenvalue weighted by Crippen LogP contribution is -2.33. The van der Waals surface area contributed by atoms with Crippen molar-refractivity contribution in [2.24, 2.45) is 0 Å². The van der Waals surface area contributed by atoms with Gasteiger partial charge < -0.3 is 9.73 Å². The lowest BCUT2D eigenvalue weighted by molar-refractivity contribution is 0.0911. The predicted molar refractivity (Wildman–Crippen MR) is 92.6 cm³/mol. The van der Waals surface area contributed by atoms with Gasteiger partial charge in [0.05, 0.1) is 0 Å². The summed E-state index contributed by atoms with van der Waals surface area (Å²) in [4.78, 5) is 12.5. The Morgan fingerprint density at radius 2 is 1.78 bits per heavy atom. The lowest BCUT2D eigenvalue weighted by atomic mass is 10.1. The van der Waals surface area contributed by atoms with Crippen LogP contribution < -0.4 is 5.32 Å². The number of nitrogens with one attached hydrogen (secondary N) is 1. The molecule has 1 unspecified atom stereocenters. The largest absolute Gasteiger partial charge is 0.451 e. The Labute approximate surface area is 136 Å². The van der Waals surface area contributed by atoms with E-state index < -0.39 is 0 Å². The third kappa shape index (κ3) is 3.45. The first-order valence-corrected chi connectivity index (χ1v) is 7.98. The summed E-state index contributed by atoms with van der Waals surface area (Å²) in [5.74, 6) is 0.275. The van der Waals surface area contributed by atoms with Crippen molar-refractivity contribution in [3.63, 3.8) is 0 Å². The molecule has 3 heteroatoms. The normalized spacial score (nSPS) is 12.3. The molecule has 23 heavy (non-hydrogen) atoms. The van der Waals surface area contributed by atoms with Crippen LogP contribution in [0.4, 0.5) is 0 Å². The highest BCUT2D eigenvalue weighted by atomic mass is 16.3. The van der Waals surface area contributed by atoms with Crippen molar-refractivity contribution in [3.8, 4) is 0 Å². The van der Waals surface area contributed by atoms with Gasteiger partial charge >= 0.3 is 0 Å². The summed E-state index contributed by atoms with van der Waals surface area (Å²) in [6, 6.07) is 18.1. The van der Waals surface area contributed by atoms with E-state index in [1.807, 2.05) is 56.3 Å². The van der Waals surface area contributed by atoms with Gasteiger partial charge in [-0.2, -0.15) is 0 Å². The Kier molecular flexibility index (Phi) is 4.47. The molecule has 0 aliphatic rings. The number of rotatable bonds is 5. The highest BCUT2D eigenvalue weighted by Gasteiger charge is 2.18. The number of amides is 1. The summed E-state index contributed by atoms with van der Waals surface area (Å²) in [5.41, 5.74) is 2.94. The molecular weight excluding hydrogens is 286 g/mol. The fraction of sp³-hybridized carbons (Fsp3) is 0.250. The number of hydrogen-bond acceptors (Lipinski definition) is 2. The number of carbonyl (C=O) groups excluding carboxylic acids is 1. The Hall–Kier alpha value is -2.55. The molecule has 3 rings (SSSR count). The van der Waals surface area contributed by atoms with Crippen molar-refractivity contribution < 1.29 is 9.21 Å². The first-order valence-electron chi connectivity index (χ1n) is 7.98. The van der Waals surface area contributed by atoms with E-state index in [0.717, 1.165) is 29.4 Å². The molecule has 0 bridgehead atoms. The summed E-state index contributed by atoms with van der Waals surface area (Å²) in [5, 5.41) is 4.03. The topological polar surface area (TPSA) is 42.2 Å². The Morgan fingerprint density at radius 3 is 2.52 bits per heavy atom. The third-order valence-electron chi connectivity index (χ3n) is 4.14. The van der Waals surface area contributed by atoms with Crippen molar-refractivity contribution in [1.82, 2.24) is 5.32 Å². The maximum atomic E-state index is 12.5. The van der Waals surface area contributed by atoms with E-state index in [0.29, 0.717) is 5.76 Å². The van der Waals surface area contributed by atoms with Gasteiger partial charge in [0, 0.05) is 17.0 Å². The molecule has 0 aliphatic heterocycles. The molecule has 0 radical (unpaired) electrons. The van der Waals surface area contributed by atoms with Crippen LogP contribution in [0.25, 0.3) is 11.0 Å². The third-order valence-corrected chi connectivity index (χ3v) is 4.14. The van der Waals surface area contributed by atoms with Gasteiger partial charge in [-0.15, -0.1) is 0 Å². The molecule has 0 aliphatic carbocycles. The van der Waals surface area contributed by atoms with Crippen LogP contribution in [-0.2, 0) is 6.42 Å². The van der Waals surface area contributed by atoms with Gasteiger partial charge in [-0.25, -0.2) is 0 Å². The minimum atomic E-state index is -0.140. The molecule has 0 fully saturated rings. The first-order chi connectivity index (χ1) is 11.1. The van der Waals surface area contributed by atoms with Crippen molar-refractivity contribution in [2.45, 2.75) is 32.7 Å².